The molecule has 0 bridgehead atoms. The van der Waals surface area contributed by atoms with Crippen LogP contribution in [0.2, 0.25) is 0 Å². The molecular weight excluding hydrogens is 362 g/mol. The second kappa shape index (κ2) is 7.74. The average molecular weight is 394 g/mol. The SMILES string of the molecule is C=C(/C=C(\C)Br)C(=NC)NC1CCC(N2CCC3(CC2)CC3)CC1. The highest BCUT2D eigenvalue weighted by molar-refractivity contribution is 9.11. The van der Waals surface area contributed by atoms with Gasteiger partial charge in [-0.05, 0) is 87.4 Å². The fourth-order valence-electron chi connectivity index (χ4n) is 4.43. The standard InChI is InChI=1S/C20H32BrN3/c1-15(14-16(2)21)19(22-3)23-17-4-6-18(7-5-17)24-12-10-20(8-9-20)11-13-24/h14,17-18H,1,4-13H2,2-3H3,(H,22,23)/b16-14+. The van der Waals surface area contributed by atoms with Crippen LogP contribution >= 0.6 is 15.9 Å². The van der Waals surface area contributed by atoms with Crippen LogP contribution in [-0.2, 0) is 0 Å². The number of rotatable bonds is 4. The maximum atomic E-state index is 4.40. The Morgan fingerprint density at radius 1 is 1.17 bits per heavy atom. The molecular formula is C20H32BrN3. The van der Waals surface area contributed by atoms with Gasteiger partial charge in [0, 0.05) is 24.7 Å². The average Bonchev–Trinajstić information content (AvgIpc) is 3.32. The van der Waals surface area contributed by atoms with Crippen molar-refractivity contribution in [2.45, 2.75) is 70.4 Å². The van der Waals surface area contributed by atoms with Crippen LogP contribution in [0.5, 0.6) is 0 Å². The molecule has 0 aromatic rings. The molecule has 3 fully saturated rings. The molecule has 1 saturated heterocycles. The van der Waals surface area contributed by atoms with Gasteiger partial charge in [0.05, 0.1) is 0 Å². The normalized spacial score (nSPS) is 31.1. The molecule has 2 saturated carbocycles. The minimum atomic E-state index is 0.542. The lowest BCUT2D eigenvalue weighted by Crippen LogP contribution is -2.47. The van der Waals surface area contributed by atoms with Crippen molar-refractivity contribution in [1.82, 2.24) is 10.2 Å². The molecule has 0 aromatic carbocycles. The third-order valence-electron chi connectivity index (χ3n) is 6.27. The first-order valence-corrected chi connectivity index (χ1v) is 10.3. The Morgan fingerprint density at radius 3 is 2.29 bits per heavy atom. The molecule has 0 unspecified atom stereocenters. The number of likely N-dealkylation sites (tertiary alicyclic amines) is 1. The van der Waals surface area contributed by atoms with Crippen molar-refractivity contribution in [3.05, 3.63) is 22.7 Å². The lowest BCUT2D eigenvalue weighted by Gasteiger charge is -2.41. The molecule has 1 spiro atoms. The maximum Gasteiger partial charge on any atom is 0.127 e. The summed E-state index contributed by atoms with van der Waals surface area (Å²) in [4.78, 5) is 7.18. The van der Waals surface area contributed by atoms with Gasteiger partial charge < -0.3 is 10.2 Å². The van der Waals surface area contributed by atoms with Gasteiger partial charge in [-0.1, -0.05) is 22.5 Å². The molecule has 4 heteroatoms. The zero-order chi connectivity index (χ0) is 17.2. The Balaban J connectivity index is 1.44. The van der Waals surface area contributed by atoms with Crippen LogP contribution in [0.15, 0.2) is 27.7 Å². The minimum Gasteiger partial charge on any atom is -0.367 e. The van der Waals surface area contributed by atoms with E-state index in [1.54, 1.807) is 0 Å². The van der Waals surface area contributed by atoms with Gasteiger partial charge >= 0.3 is 0 Å². The van der Waals surface area contributed by atoms with E-state index in [1.807, 2.05) is 20.0 Å². The summed E-state index contributed by atoms with van der Waals surface area (Å²) in [6.45, 7) is 8.84. The molecule has 0 aromatic heterocycles. The third kappa shape index (κ3) is 4.51. The highest BCUT2D eigenvalue weighted by atomic mass is 79.9. The number of aliphatic imine (C=N–C) groups is 1. The molecule has 3 nitrogen and oxygen atoms in total. The van der Waals surface area contributed by atoms with Crippen molar-refractivity contribution in [1.29, 1.82) is 0 Å². The second-order valence-corrected chi connectivity index (χ2v) is 9.27. The van der Waals surface area contributed by atoms with Gasteiger partial charge in [0.1, 0.15) is 5.84 Å². The van der Waals surface area contributed by atoms with Gasteiger partial charge in [0.15, 0.2) is 0 Å². The fraction of sp³-hybridized carbons (Fsp3) is 0.750. The summed E-state index contributed by atoms with van der Waals surface area (Å²) in [5, 5.41) is 3.62. The van der Waals surface area contributed by atoms with E-state index in [2.05, 4.69) is 37.7 Å². The number of halogens is 1. The molecule has 1 aliphatic heterocycles. The van der Waals surface area contributed by atoms with Crippen LogP contribution in [0.3, 0.4) is 0 Å². The van der Waals surface area contributed by atoms with E-state index in [9.17, 15) is 0 Å². The molecule has 24 heavy (non-hydrogen) atoms. The Bertz CT molecular complexity index is 511. The fourth-order valence-corrected chi connectivity index (χ4v) is 4.70. The quantitative estimate of drug-likeness (QED) is 0.427. The summed E-state index contributed by atoms with van der Waals surface area (Å²) in [7, 11) is 1.85. The van der Waals surface area contributed by atoms with E-state index in [4.69, 9.17) is 0 Å². The Morgan fingerprint density at radius 2 is 1.79 bits per heavy atom. The minimum absolute atomic E-state index is 0.542. The second-order valence-electron chi connectivity index (χ2n) is 8.01. The molecule has 0 amide bonds. The molecule has 134 valence electrons. The highest BCUT2D eigenvalue weighted by Crippen LogP contribution is 2.54. The van der Waals surface area contributed by atoms with Crippen molar-refractivity contribution in [2.75, 3.05) is 20.1 Å². The summed E-state index contributed by atoms with van der Waals surface area (Å²) in [6.07, 6.45) is 13.1. The summed E-state index contributed by atoms with van der Waals surface area (Å²) >= 11 is 3.47. The van der Waals surface area contributed by atoms with Crippen molar-refractivity contribution >= 4 is 21.8 Å². The van der Waals surface area contributed by atoms with Crippen LogP contribution in [-0.4, -0.2) is 43.0 Å². The highest BCUT2D eigenvalue weighted by Gasteiger charge is 2.45. The van der Waals surface area contributed by atoms with Gasteiger partial charge in [-0.25, -0.2) is 0 Å². The zero-order valence-electron chi connectivity index (χ0n) is 15.3. The number of amidine groups is 1. The monoisotopic (exact) mass is 393 g/mol. The van der Waals surface area contributed by atoms with Crippen LogP contribution in [0.4, 0.5) is 0 Å². The lowest BCUT2D eigenvalue weighted by molar-refractivity contribution is 0.0946. The van der Waals surface area contributed by atoms with Gasteiger partial charge in [-0.15, -0.1) is 0 Å². The van der Waals surface area contributed by atoms with Crippen molar-refractivity contribution in [3.63, 3.8) is 0 Å². The van der Waals surface area contributed by atoms with Crippen molar-refractivity contribution in [3.8, 4) is 0 Å². The summed E-state index contributed by atoms with van der Waals surface area (Å²) in [6, 6.07) is 1.36. The summed E-state index contributed by atoms with van der Waals surface area (Å²) in [5.41, 5.74) is 1.75. The first-order valence-electron chi connectivity index (χ1n) is 9.52. The number of hydrogen-bond acceptors (Lipinski definition) is 2. The molecule has 3 rings (SSSR count). The number of allylic oxidation sites excluding steroid dienone is 1. The Kier molecular flexibility index (Phi) is 5.86. The molecule has 2 aliphatic carbocycles. The van der Waals surface area contributed by atoms with Gasteiger partial charge in [-0.3, -0.25) is 4.99 Å². The van der Waals surface area contributed by atoms with Crippen LogP contribution in [0, 0.1) is 5.41 Å². The van der Waals surface area contributed by atoms with E-state index in [1.165, 1.54) is 64.5 Å². The van der Waals surface area contributed by atoms with Gasteiger partial charge in [0.25, 0.3) is 0 Å². The predicted molar refractivity (Wildman–Crippen MR) is 107 cm³/mol. The molecule has 0 radical (unpaired) electrons. The van der Waals surface area contributed by atoms with Crippen LogP contribution in [0.25, 0.3) is 0 Å². The Hall–Kier alpha value is -0.610. The smallest absolute Gasteiger partial charge is 0.127 e. The largest absolute Gasteiger partial charge is 0.367 e. The van der Waals surface area contributed by atoms with Crippen molar-refractivity contribution < 1.29 is 0 Å². The molecule has 0 atom stereocenters. The zero-order valence-corrected chi connectivity index (χ0v) is 16.9. The maximum absolute atomic E-state index is 4.40. The van der Waals surface area contributed by atoms with Gasteiger partial charge in [0.2, 0.25) is 0 Å². The first-order chi connectivity index (χ1) is 11.5. The number of nitrogens with one attached hydrogen (secondary N) is 1. The van der Waals surface area contributed by atoms with Crippen molar-refractivity contribution in [2.24, 2.45) is 10.4 Å². The molecule has 1 N–H and O–H groups in total. The summed E-state index contributed by atoms with van der Waals surface area (Å²) in [5.74, 6) is 0.936. The number of piperidine rings is 1. The van der Waals surface area contributed by atoms with Gasteiger partial charge in [-0.2, -0.15) is 0 Å². The topological polar surface area (TPSA) is 27.6 Å². The third-order valence-corrected chi connectivity index (χ3v) is 6.50. The lowest BCUT2D eigenvalue weighted by atomic mass is 9.86. The first kappa shape index (κ1) is 18.2. The predicted octanol–water partition coefficient (Wildman–Crippen LogP) is 4.65. The number of hydrogen-bond donors (Lipinski definition) is 1. The van der Waals surface area contributed by atoms with Crippen LogP contribution < -0.4 is 5.32 Å². The summed E-state index contributed by atoms with van der Waals surface area (Å²) < 4.78 is 1.08. The molecule has 1 heterocycles. The Labute approximate surface area is 155 Å². The van der Waals surface area contributed by atoms with E-state index in [0.717, 1.165) is 27.3 Å². The molecule has 3 aliphatic rings. The van der Waals surface area contributed by atoms with E-state index >= 15 is 0 Å². The van der Waals surface area contributed by atoms with E-state index in [-0.39, 0.29) is 0 Å². The van der Waals surface area contributed by atoms with E-state index in [0.29, 0.717) is 6.04 Å². The number of nitrogens with zero attached hydrogens (tertiary/aromatic N) is 2. The van der Waals surface area contributed by atoms with Crippen LogP contribution in [0.1, 0.15) is 58.3 Å². The van der Waals surface area contributed by atoms with E-state index < -0.39 is 0 Å².